The Bertz CT molecular complexity index is 1450. The maximum absolute atomic E-state index is 14.5. The number of rotatable bonds is 13. The average Bonchev–Trinajstić information content (AvgIpc) is 2.94. The Balaban J connectivity index is 2.06. The van der Waals surface area contributed by atoms with Crippen LogP contribution in [0.5, 0.6) is 17.2 Å². The van der Waals surface area contributed by atoms with Crippen LogP contribution in [-0.2, 0) is 16.8 Å². The molecule has 0 saturated heterocycles. The van der Waals surface area contributed by atoms with Crippen molar-refractivity contribution in [3.8, 4) is 28.5 Å². The molecule has 1 aromatic heterocycles. The molecule has 1 heterocycles. The number of amides is 2. The van der Waals surface area contributed by atoms with Crippen molar-refractivity contribution in [2.24, 2.45) is 11.5 Å². The number of carbonyl (C=O) groups is 2. The van der Waals surface area contributed by atoms with E-state index in [1.54, 1.807) is 13.8 Å². The molecule has 0 aliphatic carbocycles. The Morgan fingerprint density at radius 1 is 1.07 bits per heavy atom. The number of hydrogen-bond acceptors (Lipinski definition) is 8. The van der Waals surface area contributed by atoms with Gasteiger partial charge in [-0.2, -0.15) is 13.2 Å². The number of hydrogen-bond donors (Lipinski definition) is 4. The second-order valence-electron chi connectivity index (χ2n) is 9.62. The molecule has 10 nitrogen and oxygen atoms in total. The van der Waals surface area contributed by atoms with E-state index in [-0.39, 0.29) is 58.9 Å². The van der Waals surface area contributed by atoms with Crippen molar-refractivity contribution in [2.45, 2.75) is 38.1 Å². The molecule has 232 valence electrons. The largest absolute Gasteiger partial charge is 0.493 e. The number of pyridine rings is 1. The van der Waals surface area contributed by atoms with Crippen molar-refractivity contribution in [3.63, 3.8) is 0 Å². The van der Waals surface area contributed by atoms with Crippen LogP contribution in [0.1, 0.15) is 35.5 Å². The lowest BCUT2D eigenvalue weighted by Gasteiger charge is -2.31. The van der Waals surface area contributed by atoms with Crippen LogP contribution in [0, 0.1) is 5.82 Å². The van der Waals surface area contributed by atoms with Crippen LogP contribution in [0.15, 0.2) is 48.5 Å². The van der Waals surface area contributed by atoms with Gasteiger partial charge in [-0.1, -0.05) is 0 Å². The summed E-state index contributed by atoms with van der Waals surface area (Å²) in [7, 11) is 1.32. The molecule has 0 radical (unpaired) electrons. The minimum atomic E-state index is -5.36. The molecule has 3 aromatic rings. The second-order valence-corrected chi connectivity index (χ2v) is 9.62. The average molecular weight is 609 g/mol. The molecule has 0 fully saturated rings. The minimum absolute atomic E-state index is 0.0408. The predicted octanol–water partition coefficient (Wildman–Crippen LogP) is 3.23. The van der Waals surface area contributed by atoms with Gasteiger partial charge in [0, 0.05) is 22.7 Å². The molecule has 14 heteroatoms. The number of primary amides is 1. The van der Waals surface area contributed by atoms with Gasteiger partial charge in [0.1, 0.15) is 23.9 Å². The molecule has 43 heavy (non-hydrogen) atoms. The summed E-state index contributed by atoms with van der Waals surface area (Å²) in [5.41, 5.74) is 6.10. The SMILES string of the molecule is CCOc1c(CC(N)=O)cc([C@@](O)(CNC(=O)c2ccc(OC[C@@H](C)N)c(OC)c2)C(F)(F)F)nc1-c1ccc(F)cc1. The van der Waals surface area contributed by atoms with Crippen LogP contribution < -0.4 is 31.0 Å². The molecule has 0 aliphatic rings. The normalized spacial score (nSPS) is 13.5. The van der Waals surface area contributed by atoms with Crippen molar-refractivity contribution in [3.05, 3.63) is 71.2 Å². The Morgan fingerprint density at radius 2 is 1.74 bits per heavy atom. The van der Waals surface area contributed by atoms with Crippen molar-refractivity contribution in [1.29, 1.82) is 0 Å². The summed E-state index contributed by atoms with van der Waals surface area (Å²) in [5.74, 6) is -2.15. The third kappa shape index (κ3) is 7.90. The molecule has 0 spiro atoms. The zero-order chi connectivity index (χ0) is 31.9. The summed E-state index contributed by atoms with van der Waals surface area (Å²) in [6, 6.07) is 9.12. The van der Waals surface area contributed by atoms with E-state index in [0.29, 0.717) is 0 Å². The Morgan fingerprint density at radius 3 is 2.30 bits per heavy atom. The van der Waals surface area contributed by atoms with Gasteiger partial charge in [-0.15, -0.1) is 0 Å². The predicted molar refractivity (Wildman–Crippen MR) is 148 cm³/mol. The first-order valence-corrected chi connectivity index (χ1v) is 13.0. The van der Waals surface area contributed by atoms with Gasteiger partial charge in [0.05, 0.1) is 32.4 Å². The van der Waals surface area contributed by atoms with Crippen LogP contribution in [0.2, 0.25) is 0 Å². The second kappa shape index (κ2) is 13.7. The standard InChI is InChI=1S/C29H32F4N4O6/c1-4-42-26-19(13-24(35)38)12-23(37-25(26)17-5-8-20(30)9-6-17)28(40,29(31,32)33)15-36-27(39)18-7-10-21(22(11-18)41-3)43-14-16(2)34/h5-12,16,40H,4,13-15,34H2,1-3H3,(H2,35,38)(H,36,39)/t16-,28+/m1/s1. The monoisotopic (exact) mass is 608 g/mol. The fraction of sp³-hybridized carbons (Fsp3) is 0.345. The first kappa shape index (κ1) is 33.1. The summed E-state index contributed by atoms with van der Waals surface area (Å²) in [4.78, 5) is 28.8. The third-order valence-corrected chi connectivity index (χ3v) is 6.15. The van der Waals surface area contributed by atoms with E-state index < -0.39 is 48.1 Å². The topological polar surface area (TPSA) is 159 Å². The van der Waals surface area contributed by atoms with Gasteiger partial charge in [-0.05, 0) is 62.4 Å². The van der Waals surface area contributed by atoms with E-state index in [1.807, 2.05) is 0 Å². The zero-order valence-electron chi connectivity index (χ0n) is 23.6. The van der Waals surface area contributed by atoms with Crippen LogP contribution in [0.25, 0.3) is 11.3 Å². The molecule has 0 saturated carbocycles. The molecular formula is C29H32F4N4O6. The molecule has 3 rings (SSSR count). The number of carbonyl (C=O) groups excluding carboxylic acids is 2. The maximum Gasteiger partial charge on any atom is 0.424 e. The van der Waals surface area contributed by atoms with E-state index in [9.17, 15) is 32.3 Å². The van der Waals surface area contributed by atoms with E-state index in [0.717, 1.165) is 18.2 Å². The quantitative estimate of drug-likeness (QED) is 0.215. The van der Waals surface area contributed by atoms with Crippen molar-refractivity contribution in [1.82, 2.24) is 10.3 Å². The molecule has 2 amide bonds. The summed E-state index contributed by atoms with van der Waals surface area (Å²) in [6.07, 6.45) is -5.92. The highest BCUT2D eigenvalue weighted by molar-refractivity contribution is 5.95. The maximum atomic E-state index is 14.5. The van der Waals surface area contributed by atoms with Crippen LogP contribution in [0.3, 0.4) is 0 Å². The smallest absolute Gasteiger partial charge is 0.424 e. The number of benzene rings is 2. The van der Waals surface area contributed by atoms with E-state index in [4.69, 9.17) is 25.7 Å². The van der Waals surface area contributed by atoms with Gasteiger partial charge >= 0.3 is 6.18 Å². The van der Waals surface area contributed by atoms with Crippen LogP contribution in [0.4, 0.5) is 17.6 Å². The van der Waals surface area contributed by atoms with Crippen LogP contribution >= 0.6 is 0 Å². The van der Waals surface area contributed by atoms with Gasteiger partial charge in [0.25, 0.3) is 5.91 Å². The number of nitrogens with two attached hydrogens (primary N) is 2. The molecule has 6 N–H and O–H groups in total. The number of aliphatic hydroxyl groups is 1. The summed E-state index contributed by atoms with van der Waals surface area (Å²) in [6.45, 7) is 2.14. The van der Waals surface area contributed by atoms with E-state index in [1.165, 1.54) is 37.4 Å². The van der Waals surface area contributed by atoms with E-state index >= 15 is 0 Å². The highest BCUT2D eigenvalue weighted by atomic mass is 19.4. The summed E-state index contributed by atoms with van der Waals surface area (Å²) >= 11 is 0. The first-order chi connectivity index (χ1) is 20.2. The van der Waals surface area contributed by atoms with Gasteiger partial charge in [0.2, 0.25) is 11.5 Å². The number of alkyl halides is 3. The Hall–Kier alpha value is -4.43. The summed E-state index contributed by atoms with van der Waals surface area (Å²) < 4.78 is 73.6. The molecule has 0 aliphatic heterocycles. The van der Waals surface area contributed by atoms with Gasteiger partial charge in [-0.25, -0.2) is 9.37 Å². The zero-order valence-corrected chi connectivity index (χ0v) is 23.6. The lowest BCUT2D eigenvalue weighted by Crippen LogP contribution is -2.51. The molecule has 2 aromatic carbocycles. The van der Waals surface area contributed by atoms with Crippen molar-refractivity contribution >= 4 is 11.8 Å². The number of aromatic nitrogens is 1. The number of nitrogens with zero attached hydrogens (tertiary/aromatic N) is 1. The van der Waals surface area contributed by atoms with Crippen molar-refractivity contribution in [2.75, 3.05) is 26.9 Å². The molecular weight excluding hydrogens is 576 g/mol. The lowest BCUT2D eigenvalue weighted by molar-refractivity contribution is -0.265. The highest BCUT2D eigenvalue weighted by Crippen LogP contribution is 2.42. The highest BCUT2D eigenvalue weighted by Gasteiger charge is 2.56. The van der Waals surface area contributed by atoms with Gasteiger partial charge in [-0.3, -0.25) is 9.59 Å². The van der Waals surface area contributed by atoms with Crippen molar-refractivity contribution < 1.29 is 46.5 Å². The Labute approximate surface area is 244 Å². The molecule has 2 atom stereocenters. The number of nitrogens with one attached hydrogen (secondary N) is 1. The third-order valence-electron chi connectivity index (χ3n) is 6.15. The minimum Gasteiger partial charge on any atom is -0.493 e. The first-order valence-electron chi connectivity index (χ1n) is 13.0. The van der Waals surface area contributed by atoms with E-state index in [2.05, 4.69) is 10.3 Å². The molecule has 0 unspecified atom stereocenters. The fourth-order valence-electron chi connectivity index (χ4n) is 4.02. The lowest BCUT2D eigenvalue weighted by atomic mass is 9.93. The number of methoxy groups -OCH3 is 1. The molecule has 0 bridgehead atoms. The number of ether oxygens (including phenoxy) is 3. The van der Waals surface area contributed by atoms with Gasteiger partial charge in [0.15, 0.2) is 11.5 Å². The van der Waals surface area contributed by atoms with Gasteiger partial charge < -0.3 is 36.1 Å². The fourth-order valence-corrected chi connectivity index (χ4v) is 4.02. The Kier molecular flexibility index (Phi) is 10.5. The summed E-state index contributed by atoms with van der Waals surface area (Å²) in [5, 5.41) is 13.2. The van der Waals surface area contributed by atoms with Crippen LogP contribution in [-0.4, -0.2) is 61.0 Å². The number of halogens is 4.